The van der Waals surface area contributed by atoms with Crippen LogP contribution in [0.2, 0.25) is 10.0 Å². The Morgan fingerprint density at radius 1 is 1.20 bits per heavy atom. The number of nitrogens with zero attached hydrogens (tertiary/aromatic N) is 4. The number of ether oxygens (including phenoxy) is 1. The number of nitrogens with one attached hydrogen (secondary N) is 2. The highest BCUT2D eigenvalue weighted by atomic mass is 35.5. The standard InChI is InChI=1S/C16H18Cl2N6O/c1-24-15-11(9-20-24)14(19-6-3-7-25-2)22-16(23-15)21-10-4-5-12(17)13(18)8-10/h4-5,8-9H,3,6-7H2,1-2H3,(H2,19,21,22,23). The highest BCUT2D eigenvalue weighted by Crippen LogP contribution is 2.27. The maximum atomic E-state index is 6.06. The Hall–Kier alpha value is -2.09. The molecular formula is C16H18Cl2N6O. The summed E-state index contributed by atoms with van der Waals surface area (Å²) in [5.41, 5.74) is 1.48. The lowest BCUT2D eigenvalue weighted by Gasteiger charge is -2.10. The molecule has 0 radical (unpaired) electrons. The number of rotatable bonds is 7. The summed E-state index contributed by atoms with van der Waals surface area (Å²) < 4.78 is 6.78. The molecule has 0 aliphatic heterocycles. The quantitative estimate of drug-likeness (QED) is 0.606. The average Bonchev–Trinajstić information content (AvgIpc) is 2.96. The highest BCUT2D eigenvalue weighted by molar-refractivity contribution is 6.42. The first-order chi connectivity index (χ1) is 12.1. The van der Waals surface area contributed by atoms with Crippen molar-refractivity contribution in [1.29, 1.82) is 0 Å². The van der Waals surface area contributed by atoms with E-state index in [4.69, 9.17) is 27.9 Å². The number of aryl methyl sites for hydroxylation is 1. The Kier molecular flexibility index (Phi) is 5.57. The van der Waals surface area contributed by atoms with Crippen molar-refractivity contribution in [3.63, 3.8) is 0 Å². The van der Waals surface area contributed by atoms with Gasteiger partial charge >= 0.3 is 0 Å². The van der Waals surface area contributed by atoms with E-state index in [1.165, 1.54) is 0 Å². The van der Waals surface area contributed by atoms with Gasteiger partial charge in [-0.25, -0.2) is 0 Å². The van der Waals surface area contributed by atoms with E-state index in [1.807, 2.05) is 13.1 Å². The minimum atomic E-state index is 0.448. The van der Waals surface area contributed by atoms with Gasteiger partial charge in [-0.2, -0.15) is 15.1 Å². The number of aromatic nitrogens is 4. The molecule has 0 saturated heterocycles. The van der Waals surface area contributed by atoms with Gasteiger partial charge in [-0.3, -0.25) is 4.68 Å². The second kappa shape index (κ2) is 7.86. The summed E-state index contributed by atoms with van der Waals surface area (Å²) >= 11 is 12.0. The van der Waals surface area contributed by atoms with Crippen molar-refractivity contribution in [1.82, 2.24) is 19.7 Å². The van der Waals surface area contributed by atoms with Gasteiger partial charge in [0.2, 0.25) is 5.95 Å². The van der Waals surface area contributed by atoms with E-state index in [0.29, 0.717) is 22.6 Å². The zero-order valence-electron chi connectivity index (χ0n) is 13.9. The Balaban J connectivity index is 1.89. The van der Waals surface area contributed by atoms with Crippen LogP contribution in [0.1, 0.15) is 6.42 Å². The molecule has 3 rings (SSSR count). The van der Waals surface area contributed by atoms with E-state index >= 15 is 0 Å². The summed E-state index contributed by atoms with van der Waals surface area (Å²) in [5, 5.41) is 12.5. The predicted octanol–water partition coefficient (Wildman–Crippen LogP) is 3.86. The van der Waals surface area contributed by atoms with Crippen LogP contribution in [-0.2, 0) is 11.8 Å². The summed E-state index contributed by atoms with van der Waals surface area (Å²) in [7, 11) is 3.52. The maximum Gasteiger partial charge on any atom is 0.231 e. The second-order valence-corrected chi connectivity index (χ2v) is 6.24. The molecule has 2 heterocycles. The van der Waals surface area contributed by atoms with Crippen LogP contribution in [0.5, 0.6) is 0 Å². The van der Waals surface area contributed by atoms with Crippen molar-refractivity contribution in [2.75, 3.05) is 30.9 Å². The monoisotopic (exact) mass is 380 g/mol. The number of anilines is 3. The minimum Gasteiger partial charge on any atom is -0.385 e. The first-order valence-electron chi connectivity index (χ1n) is 7.73. The summed E-state index contributed by atoms with van der Waals surface area (Å²) in [4.78, 5) is 9.08. The fourth-order valence-electron chi connectivity index (χ4n) is 2.34. The van der Waals surface area contributed by atoms with Crippen LogP contribution >= 0.6 is 23.2 Å². The molecule has 0 fully saturated rings. The fraction of sp³-hybridized carbons (Fsp3) is 0.312. The third kappa shape index (κ3) is 4.12. The molecule has 0 bridgehead atoms. The number of hydrogen-bond donors (Lipinski definition) is 2. The van der Waals surface area contributed by atoms with E-state index in [-0.39, 0.29) is 0 Å². The fourth-order valence-corrected chi connectivity index (χ4v) is 2.64. The van der Waals surface area contributed by atoms with Crippen LogP contribution in [0.25, 0.3) is 11.0 Å². The van der Waals surface area contributed by atoms with Crippen LogP contribution < -0.4 is 10.6 Å². The maximum absolute atomic E-state index is 6.06. The van der Waals surface area contributed by atoms with Crippen LogP contribution in [0, 0.1) is 0 Å². The van der Waals surface area contributed by atoms with E-state index < -0.39 is 0 Å². The van der Waals surface area contributed by atoms with E-state index in [1.54, 1.807) is 30.1 Å². The third-order valence-electron chi connectivity index (χ3n) is 3.59. The van der Waals surface area contributed by atoms with Crippen LogP contribution in [-0.4, -0.2) is 40.0 Å². The molecule has 0 saturated carbocycles. The van der Waals surface area contributed by atoms with Gasteiger partial charge in [0.25, 0.3) is 0 Å². The van der Waals surface area contributed by atoms with Crippen LogP contribution in [0.3, 0.4) is 0 Å². The lowest BCUT2D eigenvalue weighted by atomic mass is 10.3. The van der Waals surface area contributed by atoms with Crippen molar-refractivity contribution in [2.24, 2.45) is 7.05 Å². The Labute approximate surface area is 155 Å². The predicted molar refractivity (Wildman–Crippen MR) is 101 cm³/mol. The SMILES string of the molecule is COCCCNc1nc(Nc2ccc(Cl)c(Cl)c2)nc2c1cnn2C. The average molecular weight is 381 g/mol. The van der Waals surface area contributed by atoms with Gasteiger partial charge < -0.3 is 15.4 Å². The first kappa shape index (κ1) is 17.7. The smallest absolute Gasteiger partial charge is 0.231 e. The van der Waals surface area contributed by atoms with Crippen molar-refractivity contribution >= 4 is 51.7 Å². The molecule has 7 nitrogen and oxygen atoms in total. The van der Waals surface area contributed by atoms with Crippen molar-refractivity contribution in [3.05, 3.63) is 34.4 Å². The first-order valence-corrected chi connectivity index (χ1v) is 8.48. The molecule has 0 unspecified atom stereocenters. The van der Waals surface area contributed by atoms with Crippen molar-refractivity contribution in [3.8, 4) is 0 Å². The van der Waals surface area contributed by atoms with E-state index in [9.17, 15) is 0 Å². The van der Waals surface area contributed by atoms with E-state index in [2.05, 4.69) is 25.7 Å². The molecule has 132 valence electrons. The molecular weight excluding hydrogens is 363 g/mol. The van der Waals surface area contributed by atoms with Gasteiger partial charge in [-0.15, -0.1) is 0 Å². The van der Waals surface area contributed by atoms with Gasteiger partial charge in [0.05, 0.1) is 21.6 Å². The lowest BCUT2D eigenvalue weighted by molar-refractivity contribution is 0.198. The summed E-state index contributed by atoms with van der Waals surface area (Å²) in [5.74, 6) is 1.17. The lowest BCUT2D eigenvalue weighted by Crippen LogP contribution is -2.09. The molecule has 2 N–H and O–H groups in total. The largest absolute Gasteiger partial charge is 0.385 e. The summed E-state index contributed by atoms with van der Waals surface area (Å²) in [6, 6.07) is 5.27. The third-order valence-corrected chi connectivity index (χ3v) is 4.32. The zero-order chi connectivity index (χ0) is 17.8. The molecule has 2 aromatic heterocycles. The zero-order valence-corrected chi connectivity index (χ0v) is 15.4. The van der Waals surface area contributed by atoms with Crippen molar-refractivity contribution < 1.29 is 4.74 Å². The number of halogens is 2. The number of methoxy groups -OCH3 is 1. The number of benzene rings is 1. The van der Waals surface area contributed by atoms with Gasteiger partial charge in [-0.05, 0) is 24.6 Å². The van der Waals surface area contributed by atoms with E-state index in [0.717, 1.165) is 35.5 Å². The molecule has 0 aliphatic carbocycles. The topological polar surface area (TPSA) is 76.9 Å². The molecule has 0 amide bonds. The molecule has 1 aromatic carbocycles. The molecule has 25 heavy (non-hydrogen) atoms. The molecule has 3 aromatic rings. The van der Waals surface area contributed by atoms with Crippen molar-refractivity contribution in [2.45, 2.75) is 6.42 Å². The number of hydrogen-bond acceptors (Lipinski definition) is 6. The van der Waals surface area contributed by atoms with Gasteiger partial charge in [0.15, 0.2) is 5.65 Å². The Morgan fingerprint density at radius 2 is 2.04 bits per heavy atom. The van der Waals surface area contributed by atoms with Gasteiger partial charge in [0.1, 0.15) is 5.82 Å². The Bertz CT molecular complexity index is 882. The normalized spacial score (nSPS) is 11.0. The second-order valence-electron chi connectivity index (χ2n) is 5.43. The van der Waals surface area contributed by atoms with Gasteiger partial charge in [0, 0.05) is 33.0 Å². The van der Waals surface area contributed by atoms with Gasteiger partial charge in [-0.1, -0.05) is 23.2 Å². The molecule has 0 spiro atoms. The molecule has 0 atom stereocenters. The van der Waals surface area contributed by atoms with Crippen LogP contribution in [0.4, 0.5) is 17.5 Å². The number of fused-ring (bicyclic) bond motifs is 1. The Morgan fingerprint density at radius 3 is 2.80 bits per heavy atom. The summed E-state index contributed by atoms with van der Waals surface area (Å²) in [6.45, 7) is 1.42. The molecule has 0 aliphatic rings. The minimum absolute atomic E-state index is 0.448. The molecule has 9 heteroatoms. The summed E-state index contributed by atoms with van der Waals surface area (Å²) in [6.07, 6.45) is 2.62. The van der Waals surface area contributed by atoms with Crippen LogP contribution in [0.15, 0.2) is 24.4 Å². The highest BCUT2D eigenvalue weighted by Gasteiger charge is 2.12.